The predicted molar refractivity (Wildman–Crippen MR) is 57.4 cm³/mol. The third-order valence-corrected chi connectivity index (χ3v) is 2.82. The number of carboxylic acids is 1. The van der Waals surface area contributed by atoms with E-state index in [2.05, 4.69) is 5.32 Å². The van der Waals surface area contributed by atoms with E-state index in [1.165, 1.54) is 6.92 Å². The van der Waals surface area contributed by atoms with Crippen LogP contribution in [0.4, 0.5) is 0 Å². The number of carbonyl (C=O) groups excluding carboxylic acids is 1. The summed E-state index contributed by atoms with van der Waals surface area (Å²) in [4.78, 5) is 22.6. The molecule has 0 heterocycles. The minimum Gasteiger partial charge on any atom is -0.480 e. The van der Waals surface area contributed by atoms with Crippen molar-refractivity contribution < 1.29 is 14.7 Å². The molecule has 2 atom stereocenters. The molecule has 0 radical (unpaired) electrons. The number of nitrogens with two attached hydrogens (primary N) is 1. The zero-order valence-electron chi connectivity index (χ0n) is 9.76. The molecule has 1 amide bonds. The van der Waals surface area contributed by atoms with Crippen LogP contribution in [0.2, 0.25) is 0 Å². The smallest absolute Gasteiger partial charge is 0.329 e. The average Bonchev–Trinajstić information content (AvgIpc) is 2.17. The minimum atomic E-state index is -1.24. The molecule has 5 nitrogen and oxygen atoms in total. The fourth-order valence-corrected chi connectivity index (χ4v) is 0.847. The lowest BCUT2D eigenvalue weighted by Gasteiger charge is -2.30. The van der Waals surface area contributed by atoms with Crippen molar-refractivity contribution >= 4 is 11.9 Å². The summed E-state index contributed by atoms with van der Waals surface area (Å²) in [6.45, 7) is 6.54. The molecule has 0 unspecified atom stereocenters. The number of rotatable bonds is 5. The largest absolute Gasteiger partial charge is 0.480 e. The Labute approximate surface area is 90.0 Å². The highest BCUT2D eigenvalue weighted by atomic mass is 16.4. The van der Waals surface area contributed by atoms with Gasteiger partial charge in [0.25, 0.3) is 0 Å². The van der Waals surface area contributed by atoms with Gasteiger partial charge in [0.1, 0.15) is 5.54 Å². The number of hydrogen-bond donors (Lipinski definition) is 3. The van der Waals surface area contributed by atoms with E-state index in [4.69, 9.17) is 10.8 Å². The van der Waals surface area contributed by atoms with Crippen LogP contribution in [-0.4, -0.2) is 28.1 Å². The lowest BCUT2D eigenvalue weighted by Crippen LogP contribution is -2.60. The van der Waals surface area contributed by atoms with Crippen molar-refractivity contribution in [3.63, 3.8) is 0 Å². The first-order valence-electron chi connectivity index (χ1n) is 5.04. The molecular weight excluding hydrogens is 196 g/mol. The molecule has 0 saturated heterocycles. The molecule has 0 saturated carbocycles. The van der Waals surface area contributed by atoms with Crippen molar-refractivity contribution in [2.45, 2.75) is 51.6 Å². The van der Waals surface area contributed by atoms with Crippen LogP contribution in [0.25, 0.3) is 0 Å². The highest BCUT2D eigenvalue weighted by molar-refractivity contribution is 5.91. The maximum atomic E-state index is 11.7. The summed E-state index contributed by atoms with van der Waals surface area (Å²) in [6.07, 6.45) is 0.770. The van der Waals surface area contributed by atoms with Crippen molar-refractivity contribution in [2.75, 3.05) is 0 Å². The standard InChI is InChI=1S/C10H20N2O3/c1-5-9(3,11)7(13)12-10(4,6-2)8(14)15/h5-6,11H2,1-4H3,(H,12,13)(H,14,15)/t9-,10-/m0/s1. The molecule has 5 heteroatoms. The SMILES string of the molecule is CC[C@](C)(N)C(=O)N[C@@](C)(CC)C(=O)O. The molecule has 0 spiro atoms. The van der Waals surface area contributed by atoms with Crippen LogP contribution in [-0.2, 0) is 9.59 Å². The van der Waals surface area contributed by atoms with Crippen molar-refractivity contribution in [3.05, 3.63) is 0 Å². The van der Waals surface area contributed by atoms with E-state index in [1.807, 2.05) is 0 Å². The first kappa shape index (κ1) is 13.9. The Kier molecular flexibility index (Phi) is 4.27. The van der Waals surface area contributed by atoms with Crippen LogP contribution in [0.15, 0.2) is 0 Å². The van der Waals surface area contributed by atoms with Gasteiger partial charge in [-0.1, -0.05) is 13.8 Å². The van der Waals surface area contributed by atoms with Crippen LogP contribution in [0, 0.1) is 0 Å². The molecule has 4 N–H and O–H groups in total. The highest BCUT2D eigenvalue weighted by Crippen LogP contribution is 2.13. The lowest BCUT2D eigenvalue weighted by atomic mass is 9.94. The van der Waals surface area contributed by atoms with Crippen LogP contribution in [0.1, 0.15) is 40.5 Å². The van der Waals surface area contributed by atoms with Crippen LogP contribution in [0.5, 0.6) is 0 Å². The van der Waals surface area contributed by atoms with Gasteiger partial charge >= 0.3 is 5.97 Å². The van der Waals surface area contributed by atoms with E-state index in [9.17, 15) is 9.59 Å². The van der Waals surface area contributed by atoms with Crippen LogP contribution >= 0.6 is 0 Å². The number of aliphatic carboxylic acids is 1. The molecule has 0 aliphatic heterocycles. The zero-order chi connectivity index (χ0) is 12.3. The zero-order valence-corrected chi connectivity index (χ0v) is 9.76. The molecule has 0 aromatic rings. The molecule has 15 heavy (non-hydrogen) atoms. The Morgan fingerprint density at radius 3 is 2.00 bits per heavy atom. The third kappa shape index (κ3) is 3.20. The Bertz CT molecular complexity index is 263. The van der Waals surface area contributed by atoms with Gasteiger partial charge < -0.3 is 16.2 Å². The summed E-state index contributed by atoms with van der Waals surface area (Å²) in [7, 11) is 0. The van der Waals surface area contributed by atoms with E-state index in [0.29, 0.717) is 12.8 Å². The van der Waals surface area contributed by atoms with Gasteiger partial charge in [-0.25, -0.2) is 4.79 Å². The van der Waals surface area contributed by atoms with Crippen molar-refractivity contribution in [3.8, 4) is 0 Å². The highest BCUT2D eigenvalue weighted by Gasteiger charge is 2.37. The van der Waals surface area contributed by atoms with Gasteiger partial charge in [0.15, 0.2) is 0 Å². The summed E-state index contributed by atoms with van der Waals surface area (Å²) in [5.41, 5.74) is 3.45. The molecule has 0 bridgehead atoms. The molecule has 88 valence electrons. The monoisotopic (exact) mass is 216 g/mol. The second kappa shape index (κ2) is 4.61. The summed E-state index contributed by atoms with van der Waals surface area (Å²) in [5.74, 6) is -1.48. The van der Waals surface area contributed by atoms with E-state index in [1.54, 1.807) is 20.8 Å². The van der Waals surface area contributed by atoms with Crippen LogP contribution in [0.3, 0.4) is 0 Å². The predicted octanol–water partition coefficient (Wildman–Crippen LogP) is 0.483. The van der Waals surface area contributed by atoms with Gasteiger partial charge in [-0.15, -0.1) is 0 Å². The number of nitrogens with one attached hydrogen (secondary N) is 1. The van der Waals surface area contributed by atoms with Gasteiger partial charge in [-0.05, 0) is 26.7 Å². The fourth-order valence-electron chi connectivity index (χ4n) is 0.847. The Morgan fingerprint density at radius 1 is 1.27 bits per heavy atom. The maximum Gasteiger partial charge on any atom is 0.329 e. The number of amides is 1. The number of carbonyl (C=O) groups is 2. The van der Waals surface area contributed by atoms with Crippen molar-refractivity contribution in [2.24, 2.45) is 5.73 Å². The van der Waals surface area contributed by atoms with Crippen LogP contribution < -0.4 is 11.1 Å². The maximum absolute atomic E-state index is 11.7. The van der Waals surface area contributed by atoms with Gasteiger partial charge in [-0.2, -0.15) is 0 Å². The number of hydrogen-bond acceptors (Lipinski definition) is 3. The molecule has 0 aromatic heterocycles. The fraction of sp³-hybridized carbons (Fsp3) is 0.800. The van der Waals surface area contributed by atoms with E-state index < -0.39 is 23.0 Å². The molecule has 0 aliphatic rings. The Balaban J connectivity index is 4.72. The van der Waals surface area contributed by atoms with Crippen molar-refractivity contribution in [1.29, 1.82) is 0 Å². The summed E-state index contributed by atoms with van der Waals surface area (Å²) in [5, 5.41) is 11.4. The quantitative estimate of drug-likeness (QED) is 0.623. The molecule has 0 aromatic carbocycles. The second-order valence-electron chi connectivity index (χ2n) is 4.22. The van der Waals surface area contributed by atoms with Crippen molar-refractivity contribution in [1.82, 2.24) is 5.32 Å². The lowest BCUT2D eigenvalue weighted by molar-refractivity contribution is -0.147. The molecule has 0 aliphatic carbocycles. The second-order valence-corrected chi connectivity index (χ2v) is 4.22. The molecular formula is C10H20N2O3. The van der Waals surface area contributed by atoms with Gasteiger partial charge in [0.05, 0.1) is 5.54 Å². The first-order chi connectivity index (χ1) is 6.69. The van der Waals surface area contributed by atoms with E-state index in [-0.39, 0.29) is 0 Å². The minimum absolute atomic E-state index is 0.313. The van der Waals surface area contributed by atoms with E-state index >= 15 is 0 Å². The third-order valence-electron chi connectivity index (χ3n) is 2.82. The topological polar surface area (TPSA) is 92.4 Å². The van der Waals surface area contributed by atoms with Gasteiger partial charge in [0.2, 0.25) is 5.91 Å². The normalized spacial score (nSPS) is 18.7. The Hall–Kier alpha value is -1.10. The molecule has 0 fully saturated rings. The van der Waals surface area contributed by atoms with Gasteiger partial charge in [-0.3, -0.25) is 4.79 Å². The summed E-state index contributed by atoms with van der Waals surface area (Å²) >= 11 is 0. The first-order valence-corrected chi connectivity index (χ1v) is 5.04. The average molecular weight is 216 g/mol. The van der Waals surface area contributed by atoms with E-state index in [0.717, 1.165) is 0 Å². The summed E-state index contributed by atoms with van der Waals surface area (Å²) in [6, 6.07) is 0. The number of carboxylic acid groups (broad SMARTS) is 1. The summed E-state index contributed by atoms with van der Waals surface area (Å²) < 4.78 is 0. The Morgan fingerprint density at radius 2 is 1.73 bits per heavy atom. The van der Waals surface area contributed by atoms with Gasteiger partial charge in [0, 0.05) is 0 Å². The molecule has 0 rings (SSSR count).